The van der Waals surface area contributed by atoms with Gasteiger partial charge in [0.15, 0.2) is 0 Å². The SMILES string of the molecule is O=C(c1cccc([N+](=O)[O-])c1)N(Cc1ccc(F)cc1)c1ccc(I)cc1. The van der Waals surface area contributed by atoms with Crippen LogP contribution in [0.2, 0.25) is 0 Å². The van der Waals surface area contributed by atoms with Crippen LogP contribution in [0.15, 0.2) is 72.8 Å². The largest absolute Gasteiger partial charge is 0.304 e. The Bertz CT molecular complexity index is 975. The van der Waals surface area contributed by atoms with Gasteiger partial charge in [-0.2, -0.15) is 0 Å². The maximum Gasteiger partial charge on any atom is 0.270 e. The topological polar surface area (TPSA) is 63.4 Å². The predicted octanol–water partition coefficient (Wildman–Crippen LogP) is 5.19. The molecular weight excluding hydrogens is 462 g/mol. The van der Waals surface area contributed by atoms with Crippen molar-refractivity contribution in [1.29, 1.82) is 0 Å². The number of hydrogen-bond donors (Lipinski definition) is 0. The van der Waals surface area contributed by atoms with Gasteiger partial charge in [0.25, 0.3) is 11.6 Å². The van der Waals surface area contributed by atoms with Crippen LogP contribution in [-0.4, -0.2) is 10.8 Å². The van der Waals surface area contributed by atoms with Crippen molar-refractivity contribution in [3.05, 3.63) is 103 Å². The van der Waals surface area contributed by atoms with E-state index in [1.807, 2.05) is 12.1 Å². The minimum atomic E-state index is -0.536. The standard InChI is InChI=1S/C20H14FIN2O3/c21-16-6-4-14(5-7-16)13-23(18-10-8-17(22)9-11-18)20(25)15-2-1-3-19(12-15)24(26)27/h1-12H,13H2. The number of benzene rings is 3. The summed E-state index contributed by atoms with van der Waals surface area (Å²) in [5.74, 6) is -0.728. The number of anilines is 1. The van der Waals surface area contributed by atoms with E-state index in [4.69, 9.17) is 0 Å². The van der Waals surface area contributed by atoms with Gasteiger partial charge >= 0.3 is 0 Å². The highest BCUT2D eigenvalue weighted by Gasteiger charge is 2.20. The molecule has 0 aliphatic rings. The molecule has 0 saturated heterocycles. The molecule has 0 aliphatic heterocycles. The molecule has 0 bridgehead atoms. The van der Waals surface area contributed by atoms with Crippen LogP contribution in [0.3, 0.4) is 0 Å². The molecule has 1 amide bonds. The van der Waals surface area contributed by atoms with Crippen molar-refractivity contribution in [3.8, 4) is 0 Å². The summed E-state index contributed by atoms with van der Waals surface area (Å²) in [6, 6.07) is 18.8. The van der Waals surface area contributed by atoms with Gasteiger partial charge in [0.1, 0.15) is 5.82 Å². The van der Waals surface area contributed by atoms with Crippen molar-refractivity contribution in [3.63, 3.8) is 0 Å². The third-order valence-electron chi connectivity index (χ3n) is 3.94. The molecule has 3 aromatic rings. The van der Waals surface area contributed by atoms with Crippen molar-refractivity contribution in [1.82, 2.24) is 0 Å². The van der Waals surface area contributed by atoms with Crippen LogP contribution in [0.1, 0.15) is 15.9 Å². The molecule has 0 spiro atoms. The summed E-state index contributed by atoms with van der Waals surface area (Å²) in [6.07, 6.45) is 0. The Labute approximate surface area is 168 Å². The number of carbonyl (C=O) groups is 1. The predicted molar refractivity (Wildman–Crippen MR) is 109 cm³/mol. The first-order chi connectivity index (χ1) is 12.9. The maximum atomic E-state index is 13.2. The molecule has 0 atom stereocenters. The normalized spacial score (nSPS) is 10.4. The second-order valence-corrected chi connectivity index (χ2v) is 7.05. The van der Waals surface area contributed by atoms with E-state index in [-0.39, 0.29) is 29.5 Å². The van der Waals surface area contributed by atoms with Crippen molar-refractivity contribution >= 4 is 39.9 Å². The van der Waals surface area contributed by atoms with Crippen LogP contribution in [0, 0.1) is 19.5 Å². The molecule has 0 radical (unpaired) electrons. The number of halogens is 2. The highest BCUT2D eigenvalue weighted by Crippen LogP contribution is 2.23. The second kappa shape index (κ2) is 8.26. The number of carbonyl (C=O) groups excluding carboxylic acids is 1. The highest BCUT2D eigenvalue weighted by molar-refractivity contribution is 14.1. The first-order valence-electron chi connectivity index (χ1n) is 8.00. The molecule has 0 fully saturated rings. The molecule has 7 heteroatoms. The summed E-state index contributed by atoms with van der Waals surface area (Å²) in [6.45, 7) is 0.211. The van der Waals surface area contributed by atoms with Gasteiger partial charge in [-0.05, 0) is 70.6 Å². The molecule has 0 heterocycles. The zero-order chi connectivity index (χ0) is 19.4. The van der Waals surface area contributed by atoms with Gasteiger partial charge in [0.2, 0.25) is 0 Å². The lowest BCUT2D eigenvalue weighted by Crippen LogP contribution is -2.30. The van der Waals surface area contributed by atoms with Crippen molar-refractivity contribution in [2.75, 3.05) is 4.90 Å². The molecule has 27 heavy (non-hydrogen) atoms. The van der Waals surface area contributed by atoms with Crippen LogP contribution >= 0.6 is 22.6 Å². The summed E-state index contributed by atoms with van der Waals surface area (Å²) in [5.41, 5.74) is 1.46. The van der Waals surface area contributed by atoms with Crippen molar-refractivity contribution < 1.29 is 14.1 Å². The van der Waals surface area contributed by atoms with E-state index in [2.05, 4.69) is 22.6 Å². The molecule has 3 aromatic carbocycles. The number of nitro benzene ring substituents is 1. The lowest BCUT2D eigenvalue weighted by atomic mass is 10.1. The van der Waals surface area contributed by atoms with Crippen molar-refractivity contribution in [2.45, 2.75) is 6.54 Å². The first kappa shape index (κ1) is 19.0. The van der Waals surface area contributed by atoms with Gasteiger partial charge < -0.3 is 4.90 Å². The van der Waals surface area contributed by atoms with Gasteiger partial charge in [-0.25, -0.2) is 4.39 Å². The minimum absolute atomic E-state index is 0.148. The molecule has 3 rings (SSSR count). The van der Waals surface area contributed by atoms with Crippen LogP contribution in [-0.2, 0) is 6.54 Å². The smallest absolute Gasteiger partial charge is 0.270 e. The molecule has 5 nitrogen and oxygen atoms in total. The zero-order valence-electron chi connectivity index (χ0n) is 14.0. The van der Waals surface area contributed by atoms with E-state index in [9.17, 15) is 19.3 Å². The van der Waals surface area contributed by atoms with Gasteiger partial charge in [-0.1, -0.05) is 18.2 Å². The van der Waals surface area contributed by atoms with E-state index < -0.39 is 4.92 Å². The van der Waals surface area contributed by atoms with Gasteiger partial charge in [-0.3, -0.25) is 14.9 Å². The Morgan fingerprint density at radius 2 is 1.70 bits per heavy atom. The number of non-ortho nitro benzene ring substituents is 1. The number of rotatable bonds is 5. The Kier molecular flexibility index (Phi) is 5.80. The summed E-state index contributed by atoms with van der Waals surface area (Å²) >= 11 is 2.17. The lowest BCUT2D eigenvalue weighted by Gasteiger charge is -2.23. The van der Waals surface area contributed by atoms with Crippen molar-refractivity contribution in [2.24, 2.45) is 0 Å². The molecule has 0 unspecified atom stereocenters. The van der Waals surface area contributed by atoms with Crippen LogP contribution < -0.4 is 4.90 Å². The molecular formula is C20H14FIN2O3. The zero-order valence-corrected chi connectivity index (χ0v) is 16.2. The molecule has 0 aliphatic carbocycles. The summed E-state index contributed by atoms with van der Waals surface area (Å²) in [7, 11) is 0. The quantitative estimate of drug-likeness (QED) is 0.290. The third-order valence-corrected chi connectivity index (χ3v) is 4.66. The van der Waals surface area contributed by atoms with E-state index in [0.29, 0.717) is 5.69 Å². The average Bonchev–Trinajstić information content (AvgIpc) is 2.68. The fraction of sp³-hybridized carbons (Fsp3) is 0.0500. The number of amides is 1. The number of nitro groups is 1. The molecule has 136 valence electrons. The monoisotopic (exact) mass is 476 g/mol. The van der Waals surface area contributed by atoms with Crippen LogP contribution in [0.4, 0.5) is 15.8 Å². The van der Waals surface area contributed by atoms with Crippen LogP contribution in [0.5, 0.6) is 0 Å². The fourth-order valence-electron chi connectivity index (χ4n) is 2.58. The molecule has 0 saturated carbocycles. The van der Waals surface area contributed by atoms with E-state index in [1.165, 1.54) is 35.2 Å². The Morgan fingerprint density at radius 1 is 1.04 bits per heavy atom. The molecule has 0 aromatic heterocycles. The van der Waals surface area contributed by atoms with Gasteiger partial charge in [0.05, 0.1) is 11.5 Å². The minimum Gasteiger partial charge on any atom is -0.304 e. The number of hydrogen-bond acceptors (Lipinski definition) is 3. The fourth-order valence-corrected chi connectivity index (χ4v) is 2.94. The van der Waals surface area contributed by atoms with E-state index >= 15 is 0 Å². The van der Waals surface area contributed by atoms with E-state index in [1.54, 1.807) is 30.3 Å². The van der Waals surface area contributed by atoms with Gasteiger partial charge in [0, 0.05) is 27.0 Å². The van der Waals surface area contributed by atoms with Crippen LogP contribution in [0.25, 0.3) is 0 Å². The average molecular weight is 476 g/mol. The summed E-state index contributed by atoms with van der Waals surface area (Å²) < 4.78 is 14.2. The Morgan fingerprint density at radius 3 is 2.33 bits per heavy atom. The summed E-state index contributed by atoms with van der Waals surface area (Å²) in [5, 5.41) is 11.0. The first-order valence-corrected chi connectivity index (χ1v) is 9.08. The highest BCUT2D eigenvalue weighted by atomic mass is 127. The lowest BCUT2D eigenvalue weighted by molar-refractivity contribution is -0.384. The Hall–Kier alpha value is -2.81. The second-order valence-electron chi connectivity index (χ2n) is 5.80. The number of nitrogens with zero attached hydrogens (tertiary/aromatic N) is 2. The maximum absolute atomic E-state index is 13.2. The third kappa shape index (κ3) is 4.68. The van der Waals surface area contributed by atoms with E-state index in [0.717, 1.165) is 9.13 Å². The summed E-state index contributed by atoms with van der Waals surface area (Å²) in [4.78, 5) is 25.1. The van der Waals surface area contributed by atoms with Gasteiger partial charge in [-0.15, -0.1) is 0 Å². The Balaban J connectivity index is 1.99. The molecule has 0 N–H and O–H groups in total.